The number of hydrogen-bond donors (Lipinski definition) is 2. The predicted octanol–water partition coefficient (Wildman–Crippen LogP) is 6.74. The second-order valence-corrected chi connectivity index (χ2v) is 18.7. The standard InChI is InChI=1S/C46H71N7O8S/c1-12-20-32-25-28(5)26-47-31(8)41-46(9,61-45(57)53(41)24-19-18-23-52-27-34(49-50-52)42-48-33-21-16-17-22-36(33)62-42)37(14-3)59-43(56)30(7)38(54)29(6)40(32)60-44(58-15-4)39(55)35(13-2)51(10)11/h12,16-17,21-22,27-32,35,37,39-41,44,47,55H,1,13-15,18-20,23-26H2,2-11H3/t28-,29+,30-,31-,32+,35?,37-,39?,40-,41-,44+,46-/m1/s1. The topological polar surface area (TPSA) is 170 Å². The van der Waals surface area contributed by atoms with Gasteiger partial charge >= 0.3 is 12.1 Å². The van der Waals surface area contributed by atoms with Crippen LogP contribution in [0, 0.1) is 23.7 Å². The summed E-state index contributed by atoms with van der Waals surface area (Å²) < 4.78 is 28.2. The molecule has 4 heterocycles. The summed E-state index contributed by atoms with van der Waals surface area (Å²) in [6.07, 6.45) is 3.28. The summed E-state index contributed by atoms with van der Waals surface area (Å²) in [4.78, 5) is 50.8. The molecule has 0 radical (unpaired) electrons. The minimum atomic E-state index is -1.22. The number of aryl methyl sites for hydroxylation is 1. The smallest absolute Gasteiger partial charge is 0.410 e. The molecule has 1 amide bonds. The number of unbranched alkanes of at least 4 members (excludes halogenated alkanes) is 1. The molecule has 3 aromatic rings. The Hall–Kier alpha value is -3.80. The van der Waals surface area contributed by atoms with Crippen LogP contribution in [0.25, 0.3) is 20.9 Å². The molecular weight excluding hydrogens is 811 g/mol. The third kappa shape index (κ3) is 11.3. The highest BCUT2D eigenvalue weighted by atomic mass is 32.1. The van der Waals surface area contributed by atoms with Gasteiger partial charge in [0.1, 0.15) is 28.8 Å². The quantitative estimate of drug-likeness (QED) is 0.0481. The van der Waals surface area contributed by atoms with Gasteiger partial charge in [0.15, 0.2) is 17.7 Å². The van der Waals surface area contributed by atoms with Crippen LogP contribution in [-0.4, -0.2) is 135 Å². The van der Waals surface area contributed by atoms with Crippen molar-refractivity contribution in [2.24, 2.45) is 23.7 Å². The van der Waals surface area contributed by atoms with Gasteiger partial charge < -0.3 is 34.3 Å². The van der Waals surface area contributed by atoms with Gasteiger partial charge in [0.25, 0.3) is 0 Å². The van der Waals surface area contributed by atoms with Gasteiger partial charge in [-0.25, -0.2) is 9.78 Å². The molecule has 15 nitrogen and oxygen atoms in total. The third-order valence-corrected chi connectivity index (χ3v) is 13.9. The first-order valence-corrected chi connectivity index (χ1v) is 23.4. The van der Waals surface area contributed by atoms with Crippen molar-refractivity contribution in [3.05, 3.63) is 43.1 Å². The number of thiazole rings is 1. The van der Waals surface area contributed by atoms with Crippen LogP contribution in [0.5, 0.6) is 0 Å². The fraction of sp³-hybridized carbons (Fsp3) is 0.696. The second kappa shape index (κ2) is 22.2. The molecule has 16 heteroatoms. The number of allylic oxidation sites excluding steroid dienone is 1. The first-order chi connectivity index (χ1) is 29.6. The van der Waals surface area contributed by atoms with E-state index in [9.17, 15) is 19.5 Å². The molecule has 2 unspecified atom stereocenters. The molecule has 2 aromatic heterocycles. The zero-order valence-corrected chi connectivity index (χ0v) is 39.3. The van der Waals surface area contributed by atoms with Gasteiger partial charge in [0.05, 0.1) is 28.6 Å². The summed E-state index contributed by atoms with van der Waals surface area (Å²) in [6.45, 7) is 21.1. The van der Waals surface area contributed by atoms with E-state index in [0.29, 0.717) is 58.3 Å². The highest BCUT2D eigenvalue weighted by Crippen LogP contribution is 2.39. The van der Waals surface area contributed by atoms with Crippen molar-refractivity contribution < 1.29 is 38.4 Å². The molecule has 0 aliphatic carbocycles. The van der Waals surface area contributed by atoms with E-state index < -0.39 is 60.1 Å². The maximum atomic E-state index is 14.4. The van der Waals surface area contributed by atoms with Crippen LogP contribution in [0.3, 0.4) is 0 Å². The number of cyclic esters (lactones) is 1. The number of fused-ring (bicyclic) bond motifs is 2. The number of likely N-dealkylation sites (N-methyl/N-ethyl adjacent to an activating group) is 1. The highest BCUT2D eigenvalue weighted by Gasteiger charge is 2.58. The van der Waals surface area contributed by atoms with Gasteiger partial charge in [0, 0.05) is 37.7 Å². The number of aliphatic hydroxyl groups is 1. The SMILES string of the molecule is C=CC[C@H]1C[C@@H](C)CN[C@H](C)[C@H]2N(CCCCn3cc(-c4nc5ccccc5s4)nn3)C(=O)O[C@]2(C)[C@@H](CC)OC(=O)[C@H](C)C(=O)[C@H](C)[C@H]1O[C@H](OCC)C(O)C(CC)N(C)C. The van der Waals surface area contributed by atoms with Crippen LogP contribution in [0.1, 0.15) is 93.9 Å². The molecule has 5 rings (SSSR count). The van der Waals surface area contributed by atoms with E-state index in [2.05, 4.69) is 29.1 Å². The van der Waals surface area contributed by atoms with Crippen LogP contribution in [0.2, 0.25) is 0 Å². The number of esters is 1. The molecule has 344 valence electrons. The van der Waals surface area contributed by atoms with Crippen LogP contribution in [0.15, 0.2) is 43.1 Å². The molecule has 2 aliphatic rings. The number of carbonyl (C=O) groups excluding carboxylic acids is 3. The first kappa shape index (κ1) is 49.2. The number of carbonyl (C=O) groups is 3. The van der Waals surface area contributed by atoms with Crippen molar-refractivity contribution in [3.63, 3.8) is 0 Å². The largest absolute Gasteiger partial charge is 0.458 e. The number of ether oxygens (including phenoxy) is 4. The monoisotopic (exact) mass is 882 g/mol. The van der Waals surface area contributed by atoms with Gasteiger partial charge in [-0.15, -0.1) is 23.0 Å². The lowest BCUT2D eigenvalue weighted by atomic mass is 9.79. The molecule has 62 heavy (non-hydrogen) atoms. The number of rotatable bonds is 17. The number of para-hydroxylation sites is 1. The van der Waals surface area contributed by atoms with E-state index in [4.69, 9.17) is 23.9 Å². The zero-order valence-electron chi connectivity index (χ0n) is 38.5. The molecule has 2 saturated heterocycles. The van der Waals surface area contributed by atoms with Crippen molar-refractivity contribution in [1.82, 2.24) is 35.1 Å². The molecule has 12 atom stereocenters. The number of nitrogens with one attached hydrogen (secondary N) is 1. The Bertz CT molecular complexity index is 1910. The Morgan fingerprint density at radius 3 is 2.50 bits per heavy atom. The molecular formula is C46H71N7O8S. The zero-order chi connectivity index (χ0) is 45.3. The van der Waals surface area contributed by atoms with Gasteiger partial charge in [-0.1, -0.05) is 51.1 Å². The van der Waals surface area contributed by atoms with Crippen LogP contribution >= 0.6 is 11.3 Å². The Kier molecular flexibility index (Phi) is 17.6. The van der Waals surface area contributed by atoms with E-state index in [1.165, 1.54) is 0 Å². The first-order valence-electron chi connectivity index (χ1n) is 22.5. The maximum Gasteiger partial charge on any atom is 0.410 e. The predicted molar refractivity (Wildman–Crippen MR) is 240 cm³/mol. The van der Waals surface area contributed by atoms with Crippen molar-refractivity contribution in [2.75, 3.05) is 33.8 Å². The lowest BCUT2D eigenvalue weighted by Gasteiger charge is -2.40. The minimum absolute atomic E-state index is 0.0897. The molecule has 2 N–H and O–H groups in total. The van der Waals surface area contributed by atoms with E-state index in [1.54, 1.807) is 34.8 Å². The molecule has 0 saturated carbocycles. The van der Waals surface area contributed by atoms with Crippen molar-refractivity contribution in [2.45, 2.75) is 149 Å². The summed E-state index contributed by atoms with van der Waals surface area (Å²) in [5.74, 6) is -3.05. The van der Waals surface area contributed by atoms with Crippen molar-refractivity contribution in [3.8, 4) is 10.7 Å². The number of aliphatic hydroxyl groups excluding tert-OH is 1. The average Bonchev–Trinajstić information content (AvgIpc) is 3.96. The van der Waals surface area contributed by atoms with Crippen LogP contribution in [-0.2, 0) is 35.1 Å². The Labute approximate surface area is 371 Å². The Morgan fingerprint density at radius 2 is 1.84 bits per heavy atom. The number of Topliss-reactive ketones (excluding diaryl/α,β-unsaturated/α-hetero) is 1. The van der Waals surface area contributed by atoms with Gasteiger partial charge in [-0.3, -0.25) is 19.2 Å². The number of amides is 1. The van der Waals surface area contributed by atoms with Crippen LogP contribution < -0.4 is 5.32 Å². The van der Waals surface area contributed by atoms with E-state index in [-0.39, 0.29) is 29.7 Å². The summed E-state index contributed by atoms with van der Waals surface area (Å²) >= 11 is 1.58. The third-order valence-electron chi connectivity index (χ3n) is 12.8. The lowest BCUT2D eigenvalue weighted by Crippen LogP contribution is -2.60. The highest BCUT2D eigenvalue weighted by molar-refractivity contribution is 7.21. The number of benzene rings is 1. The number of hydrogen-bond acceptors (Lipinski definition) is 14. The lowest BCUT2D eigenvalue weighted by molar-refractivity contribution is -0.241. The summed E-state index contributed by atoms with van der Waals surface area (Å²) in [7, 11) is 3.81. The van der Waals surface area contributed by atoms with Gasteiger partial charge in [-0.2, -0.15) is 0 Å². The Morgan fingerprint density at radius 1 is 1.11 bits per heavy atom. The second-order valence-electron chi connectivity index (χ2n) is 17.7. The number of ketones is 1. The number of nitrogens with zero attached hydrogens (tertiary/aromatic N) is 6. The molecule has 0 spiro atoms. The molecule has 1 aromatic carbocycles. The van der Waals surface area contributed by atoms with E-state index in [0.717, 1.165) is 27.3 Å². The summed E-state index contributed by atoms with van der Waals surface area (Å²) in [5, 5.41) is 24.9. The molecule has 0 bridgehead atoms. The fourth-order valence-electron chi connectivity index (χ4n) is 9.49. The Balaban J connectivity index is 1.36. The van der Waals surface area contributed by atoms with Gasteiger partial charge in [-0.05, 0) is 111 Å². The summed E-state index contributed by atoms with van der Waals surface area (Å²) in [5.41, 5.74) is 0.432. The summed E-state index contributed by atoms with van der Waals surface area (Å²) in [6, 6.07) is 6.97. The molecule has 2 fully saturated rings. The van der Waals surface area contributed by atoms with E-state index >= 15 is 0 Å². The van der Waals surface area contributed by atoms with Gasteiger partial charge in [0.2, 0.25) is 0 Å². The average molecular weight is 882 g/mol. The van der Waals surface area contributed by atoms with E-state index in [1.807, 2.05) is 90.2 Å². The normalized spacial score (nSPS) is 29.4. The van der Waals surface area contributed by atoms with Crippen LogP contribution in [0.4, 0.5) is 4.79 Å². The fourth-order valence-corrected chi connectivity index (χ4v) is 10.4. The number of aromatic nitrogens is 4. The minimum Gasteiger partial charge on any atom is -0.458 e. The van der Waals surface area contributed by atoms with Crippen molar-refractivity contribution in [1.29, 1.82) is 0 Å². The molecule has 2 aliphatic heterocycles. The maximum absolute atomic E-state index is 14.4. The van der Waals surface area contributed by atoms with Crippen molar-refractivity contribution >= 4 is 39.4 Å².